The van der Waals surface area contributed by atoms with Gasteiger partial charge in [-0.05, 0) is 30.7 Å². The first-order chi connectivity index (χ1) is 10.6. The Bertz CT molecular complexity index is 837. The maximum Gasteiger partial charge on any atom is 0.275 e. The van der Waals surface area contributed by atoms with Gasteiger partial charge in [0.25, 0.3) is 5.91 Å². The quantitative estimate of drug-likeness (QED) is 0.779. The minimum atomic E-state index is -0.264. The SMILES string of the molecule is Cc1cccnc1C(=O)Nc1n[nH]c2cccc(N(C)C)c12. The molecule has 0 spiro atoms. The minimum Gasteiger partial charge on any atom is -0.377 e. The number of hydrogen-bond acceptors (Lipinski definition) is 4. The molecule has 6 nitrogen and oxygen atoms in total. The van der Waals surface area contributed by atoms with Crippen molar-refractivity contribution < 1.29 is 4.79 Å². The number of nitrogens with zero attached hydrogens (tertiary/aromatic N) is 3. The van der Waals surface area contributed by atoms with E-state index in [0.29, 0.717) is 11.5 Å². The minimum absolute atomic E-state index is 0.264. The number of amides is 1. The first kappa shape index (κ1) is 14.1. The molecule has 3 rings (SSSR count). The van der Waals surface area contributed by atoms with E-state index in [1.54, 1.807) is 12.3 Å². The van der Waals surface area contributed by atoms with Gasteiger partial charge in [-0.2, -0.15) is 5.10 Å². The topological polar surface area (TPSA) is 73.9 Å². The Balaban J connectivity index is 2.01. The van der Waals surface area contributed by atoms with Gasteiger partial charge in [0.2, 0.25) is 0 Å². The van der Waals surface area contributed by atoms with E-state index < -0.39 is 0 Å². The monoisotopic (exact) mass is 295 g/mol. The largest absolute Gasteiger partial charge is 0.377 e. The zero-order chi connectivity index (χ0) is 15.7. The molecule has 0 bridgehead atoms. The number of aromatic amines is 1. The van der Waals surface area contributed by atoms with Crippen LogP contribution < -0.4 is 10.2 Å². The second-order valence-corrected chi connectivity index (χ2v) is 5.29. The molecule has 0 radical (unpaired) electrons. The molecule has 3 aromatic rings. The number of anilines is 2. The van der Waals surface area contributed by atoms with Gasteiger partial charge in [-0.25, -0.2) is 0 Å². The Morgan fingerprint density at radius 1 is 1.23 bits per heavy atom. The summed E-state index contributed by atoms with van der Waals surface area (Å²) in [6.07, 6.45) is 1.61. The second kappa shape index (κ2) is 5.48. The summed E-state index contributed by atoms with van der Waals surface area (Å²) in [5, 5.41) is 10.9. The highest BCUT2D eigenvalue weighted by molar-refractivity contribution is 6.10. The van der Waals surface area contributed by atoms with Crippen LogP contribution in [0.5, 0.6) is 0 Å². The number of hydrogen-bond donors (Lipinski definition) is 2. The zero-order valence-electron chi connectivity index (χ0n) is 12.7. The van der Waals surface area contributed by atoms with E-state index in [1.807, 2.05) is 50.2 Å². The van der Waals surface area contributed by atoms with Gasteiger partial charge in [0.05, 0.1) is 10.9 Å². The predicted molar refractivity (Wildman–Crippen MR) is 87.3 cm³/mol. The Morgan fingerprint density at radius 3 is 2.77 bits per heavy atom. The normalized spacial score (nSPS) is 10.7. The summed E-state index contributed by atoms with van der Waals surface area (Å²) in [6, 6.07) is 9.52. The molecule has 0 saturated carbocycles. The first-order valence-corrected chi connectivity index (χ1v) is 6.95. The van der Waals surface area contributed by atoms with Crippen LogP contribution in [-0.4, -0.2) is 35.2 Å². The summed E-state index contributed by atoms with van der Waals surface area (Å²) in [5.74, 6) is 0.245. The van der Waals surface area contributed by atoms with Crippen LogP contribution in [0.15, 0.2) is 36.5 Å². The Labute approximate surface area is 128 Å². The highest BCUT2D eigenvalue weighted by Gasteiger charge is 2.16. The fourth-order valence-electron chi connectivity index (χ4n) is 2.41. The number of H-pyrrole nitrogens is 1. The number of carbonyl (C=O) groups excluding carboxylic acids is 1. The van der Waals surface area contributed by atoms with Crippen LogP contribution in [-0.2, 0) is 0 Å². The van der Waals surface area contributed by atoms with E-state index >= 15 is 0 Å². The molecule has 0 saturated heterocycles. The third-order valence-corrected chi connectivity index (χ3v) is 3.51. The summed E-state index contributed by atoms with van der Waals surface area (Å²) in [4.78, 5) is 18.5. The van der Waals surface area contributed by atoms with Crippen molar-refractivity contribution in [1.82, 2.24) is 15.2 Å². The average molecular weight is 295 g/mol. The number of carbonyl (C=O) groups is 1. The fraction of sp³-hybridized carbons (Fsp3) is 0.188. The molecule has 2 heterocycles. The molecule has 0 aliphatic rings. The molecule has 2 N–H and O–H groups in total. The smallest absolute Gasteiger partial charge is 0.275 e. The molecule has 0 aliphatic heterocycles. The van der Waals surface area contributed by atoms with Crippen molar-refractivity contribution in [2.45, 2.75) is 6.92 Å². The van der Waals surface area contributed by atoms with E-state index in [0.717, 1.165) is 22.2 Å². The number of aromatic nitrogens is 3. The predicted octanol–water partition coefficient (Wildman–Crippen LogP) is 2.58. The lowest BCUT2D eigenvalue weighted by molar-refractivity contribution is 0.102. The van der Waals surface area contributed by atoms with Gasteiger partial charge in [0.1, 0.15) is 5.69 Å². The maximum atomic E-state index is 12.4. The molecular weight excluding hydrogens is 278 g/mol. The van der Waals surface area contributed by atoms with E-state index in [9.17, 15) is 4.79 Å². The van der Waals surface area contributed by atoms with Crippen LogP contribution in [0.3, 0.4) is 0 Å². The third-order valence-electron chi connectivity index (χ3n) is 3.51. The van der Waals surface area contributed by atoms with E-state index in [1.165, 1.54) is 0 Å². The molecule has 112 valence electrons. The number of pyridine rings is 1. The van der Waals surface area contributed by atoms with Crippen molar-refractivity contribution in [1.29, 1.82) is 0 Å². The average Bonchev–Trinajstić information content (AvgIpc) is 2.90. The molecule has 0 unspecified atom stereocenters. The van der Waals surface area contributed by atoms with Gasteiger partial charge in [0.15, 0.2) is 5.82 Å². The molecule has 2 aromatic heterocycles. The number of fused-ring (bicyclic) bond motifs is 1. The van der Waals surface area contributed by atoms with Crippen molar-refractivity contribution in [3.8, 4) is 0 Å². The molecule has 0 atom stereocenters. The second-order valence-electron chi connectivity index (χ2n) is 5.29. The number of aryl methyl sites for hydroxylation is 1. The Kier molecular flexibility index (Phi) is 3.50. The summed E-state index contributed by atoms with van der Waals surface area (Å²) >= 11 is 0. The van der Waals surface area contributed by atoms with E-state index in [-0.39, 0.29) is 5.91 Å². The third kappa shape index (κ3) is 2.39. The van der Waals surface area contributed by atoms with Gasteiger partial charge in [-0.3, -0.25) is 14.9 Å². The summed E-state index contributed by atoms with van der Waals surface area (Å²) in [5.41, 5.74) is 3.09. The van der Waals surface area contributed by atoms with Crippen molar-refractivity contribution in [2.75, 3.05) is 24.3 Å². The molecule has 22 heavy (non-hydrogen) atoms. The molecule has 1 amide bonds. The maximum absolute atomic E-state index is 12.4. The van der Waals surface area contributed by atoms with E-state index in [2.05, 4.69) is 20.5 Å². The van der Waals surface area contributed by atoms with Gasteiger partial charge in [-0.15, -0.1) is 0 Å². The van der Waals surface area contributed by atoms with Crippen molar-refractivity contribution in [3.05, 3.63) is 47.8 Å². The molecule has 1 aromatic carbocycles. The highest BCUT2D eigenvalue weighted by atomic mass is 16.2. The summed E-state index contributed by atoms with van der Waals surface area (Å²) in [7, 11) is 3.91. The summed E-state index contributed by atoms with van der Waals surface area (Å²) in [6.45, 7) is 1.86. The van der Waals surface area contributed by atoms with Gasteiger partial charge < -0.3 is 10.2 Å². The lowest BCUT2D eigenvalue weighted by Gasteiger charge is -2.14. The van der Waals surface area contributed by atoms with Crippen LogP contribution in [0.25, 0.3) is 10.9 Å². The van der Waals surface area contributed by atoms with Crippen LogP contribution in [0.4, 0.5) is 11.5 Å². The van der Waals surface area contributed by atoms with Crippen molar-refractivity contribution >= 4 is 28.3 Å². The number of nitrogens with one attached hydrogen (secondary N) is 2. The van der Waals surface area contributed by atoms with Crippen molar-refractivity contribution in [3.63, 3.8) is 0 Å². The van der Waals surface area contributed by atoms with Crippen LogP contribution in [0.2, 0.25) is 0 Å². The first-order valence-electron chi connectivity index (χ1n) is 6.95. The van der Waals surface area contributed by atoms with E-state index in [4.69, 9.17) is 0 Å². The standard InChI is InChI=1S/C16H17N5O/c1-10-6-5-9-17-14(10)16(22)18-15-13-11(19-20-15)7-4-8-12(13)21(2)3/h4-9H,1-3H3,(H2,18,19,20,22). The zero-order valence-corrected chi connectivity index (χ0v) is 12.7. The molecule has 0 aliphatic carbocycles. The Morgan fingerprint density at radius 2 is 2.05 bits per heavy atom. The van der Waals surface area contributed by atoms with Crippen LogP contribution in [0, 0.1) is 6.92 Å². The lowest BCUT2D eigenvalue weighted by atomic mass is 10.2. The van der Waals surface area contributed by atoms with Crippen LogP contribution in [0.1, 0.15) is 16.1 Å². The molecule has 6 heteroatoms. The van der Waals surface area contributed by atoms with Crippen molar-refractivity contribution in [2.24, 2.45) is 0 Å². The highest BCUT2D eigenvalue weighted by Crippen LogP contribution is 2.30. The molecular formula is C16H17N5O. The Hall–Kier alpha value is -2.89. The summed E-state index contributed by atoms with van der Waals surface area (Å²) < 4.78 is 0. The lowest BCUT2D eigenvalue weighted by Crippen LogP contribution is -2.16. The number of rotatable bonds is 3. The van der Waals surface area contributed by atoms with Gasteiger partial charge >= 0.3 is 0 Å². The van der Waals surface area contributed by atoms with Crippen LogP contribution >= 0.6 is 0 Å². The molecule has 0 fully saturated rings. The van der Waals surface area contributed by atoms with Gasteiger partial charge in [-0.1, -0.05) is 12.1 Å². The fourth-order valence-corrected chi connectivity index (χ4v) is 2.41. The van der Waals surface area contributed by atoms with Gasteiger partial charge in [0, 0.05) is 26.0 Å². The number of benzene rings is 1.